The Hall–Kier alpha value is -3.30. The predicted molar refractivity (Wildman–Crippen MR) is 196 cm³/mol. The van der Waals surface area contributed by atoms with Gasteiger partial charge in [0, 0.05) is 41.5 Å². The van der Waals surface area contributed by atoms with Gasteiger partial charge in [-0.15, -0.1) is 47.0 Å². The van der Waals surface area contributed by atoms with E-state index in [4.69, 9.17) is 9.47 Å². The summed E-state index contributed by atoms with van der Waals surface area (Å²) in [4.78, 5) is 33.8. The van der Waals surface area contributed by atoms with Crippen LogP contribution in [-0.4, -0.2) is 34.6 Å². The Morgan fingerprint density at radius 2 is 0.804 bits per heavy atom. The third-order valence-corrected chi connectivity index (χ3v) is 11.4. The van der Waals surface area contributed by atoms with E-state index in [-0.39, 0.29) is 22.7 Å². The highest BCUT2D eigenvalue weighted by molar-refractivity contribution is 8.02. The normalized spacial score (nSPS) is 12.3. The molecule has 46 heavy (non-hydrogen) atoms. The molecule has 4 nitrogen and oxygen atoms in total. The zero-order valence-electron chi connectivity index (χ0n) is 26.2. The van der Waals surface area contributed by atoms with Gasteiger partial charge in [0.2, 0.25) is 0 Å². The van der Waals surface area contributed by atoms with Crippen LogP contribution in [0.2, 0.25) is 0 Å². The third-order valence-electron chi connectivity index (χ3n) is 7.43. The van der Waals surface area contributed by atoms with E-state index in [1.54, 1.807) is 47.0 Å². The second-order valence-corrected chi connectivity index (χ2v) is 15.5. The Morgan fingerprint density at radius 1 is 0.478 bits per heavy atom. The summed E-state index contributed by atoms with van der Waals surface area (Å²) < 4.78 is 13.3. The van der Waals surface area contributed by atoms with Crippen LogP contribution in [0.25, 0.3) is 10.8 Å². The molecular weight excluding hydrogens is 649 g/mol. The van der Waals surface area contributed by atoms with Crippen LogP contribution in [0, 0.1) is 0 Å². The lowest BCUT2D eigenvalue weighted by atomic mass is 9.81. The second-order valence-electron chi connectivity index (χ2n) is 10.3. The van der Waals surface area contributed by atoms with Crippen molar-refractivity contribution in [3.8, 4) is 23.0 Å². The number of para-hydroxylation sites is 2. The first kappa shape index (κ1) is 32.6. The molecule has 5 aromatic rings. The molecule has 0 saturated carbocycles. The van der Waals surface area contributed by atoms with Gasteiger partial charge in [-0.25, -0.2) is 0 Å². The van der Waals surface area contributed by atoms with Gasteiger partial charge >= 0.3 is 0 Å². The zero-order chi connectivity index (χ0) is 32.2. The zero-order valence-corrected chi connectivity index (χ0v) is 29.4. The summed E-state index contributed by atoms with van der Waals surface area (Å²) in [6.07, 6.45) is 0. The summed E-state index contributed by atoms with van der Waals surface area (Å²) in [5.41, 5.74) is 1.29. The Bertz CT molecular complexity index is 1780. The molecule has 0 atom stereocenters. The average molecular weight is 683 g/mol. The molecule has 8 heteroatoms. The van der Waals surface area contributed by atoms with E-state index in [0.29, 0.717) is 34.1 Å². The number of rotatable bonds is 12. The Balaban J connectivity index is 1.72. The lowest BCUT2D eigenvalue weighted by Gasteiger charge is -2.26. The molecule has 0 radical (unpaired) electrons. The van der Waals surface area contributed by atoms with Gasteiger partial charge in [0.1, 0.15) is 23.0 Å². The van der Waals surface area contributed by atoms with E-state index in [2.05, 4.69) is 39.8 Å². The van der Waals surface area contributed by atoms with E-state index in [1.807, 2.05) is 72.8 Å². The van der Waals surface area contributed by atoms with Gasteiger partial charge < -0.3 is 9.47 Å². The standard InChI is InChI=1S/C38H34O4S4/c1-5-43-29-19-25-26(20-30(29)44-6-2)36(40)34-33(35(25)39)37(41-23-15-11-9-12-16-23)27-21-31(45-7-3)32(46-8-4)22-28(27)38(34)42-24-17-13-10-14-18-24/h9-22H,5-8H2,1-4H3. The van der Waals surface area contributed by atoms with Crippen molar-refractivity contribution in [1.82, 2.24) is 0 Å². The van der Waals surface area contributed by atoms with Crippen LogP contribution in [0.3, 0.4) is 0 Å². The molecule has 0 spiro atoms. The SMILES string of the molecule is CCSc1cc2c(cc1SCC)C(=O)c1c(c(Oc3ccccc3)c3cc(SCC)c(SCC)cc3c1Oc1ccccc1)C2=O. The average Bonchev–Trinajstić information content (AvgIpc) is 3.07. The number of ketones is 2. The number of carbonyl (C=O) groups is 2. The Morgan fingerprint density at radius 3 is 1.13 bits per heavy atom. The van der Waals surface area contributed by atoms with Crippen molar-refractivity contribution >= 4 is 69.4 Å². The fourth-order valence-corrected chi connectivity index (χ4v) is 9.13. The maximum absolute atomic E-state index is 14.8. The Labute approximate surface area is 287 Å². The highest BCUT2D eigenvalue weighted by Crippen LogP contribution is 2.51. The van der Waals surface area contributed by atoms with Crippen molar-refractivity contribution in [2.45, 2.75) is 47.3 Å². The van der Waals surface area contributed by atoms with E-state index in [0.717, 1.165) is 53.4 Å². The molecule has 1 aliphatic rings. The first-order valence-electron chi connectivity index (χ1n) is 15.4. The number of hydrogen-bond donors (Lipinski definition) is 0. The van der Waals surface area contributed by atoms with Crippen molar-refractivity contribution in [2.24, 2.45) is 0 Å². The molecule has 0 unspecified atom stereocenters. The summed E-state index contributed by atoms with van der Waals surface area (Å²) in [5.74, 6) is 4.93. The van der Waals surface area contributed by atoms with Crippen molar-refractivity contribution < 1.29 is 19.1 Å². The number of carbonyl (C=O) groups excluding carboxylic acids is 2. The maximum Gasteiger partial charge on any atom is 0.198 e. The number of hydrogen-bond acceptors (Lipinski definition) is 8. The van der Waals surface area contributed by atoms with Gasteiger partial charge in [-0.05, 0) is 71.5 Å². The maximum atomic E-state index is 14.8. The van der Waals surface area contributed by atoms with E-state index in [1.165, 1.54) is 0 Å². The summed E-state index contributed by atoms with van der Waals surface area (Å²) in [7, 11) is 0. The highest BCUT2D eigenvalue weighted by Gasteiger charge is 2.39. The van der Waals surface area contributed by atoms with Crippen molar-refractivity contribution in [1.29, 1.82) is 0 Å². The van der Waals surface area contributed by atoms with Gasteiger partial charge in [-0.1, -0.05) is 64.1 Å². The van der Waals surface area contributed by atoms with Crippen molar-refractivity contribution in [3.63, 3.8) is 0 Å². The largest absolute Gasteiger partial charge is 0.456 e. The number of benzene rings is 5. The van der Waals surface area contributed by atoms with Crippen molar-refractivity contribution in [2.75, 3.05) is 23.0 Å². The lowest BCUT2D eigenvalue weighted by Crippen LogP contribution is -2.23. The monoisotopic (exact) mass is 682 g/mol. The molecular formula is C38H34O4S4. The molecule has 0 saturated heterocycles. The van der Waals surface area contributed by atoms with E-state index in [9.17, 15) is 9.59 Å². The molecule has 0 bridgehead atoms. The minimum Gasteiger partial charge on any atom is -0.456 e. The second kappa shape index (κ2) is 14.6. The minimum absolute atomic E-state index is 0.238. The predicted octanol–water partition coefficient (Wildman–Crippen LogP) is 11.6. The first-order valence-corrected chi connectivity index (χ1v) is 19.3. The lowest BCUT2D eigenvalue weighted by molar-refractivity contribution is 0.0975. The summed E-state index contributed by atoms with van der Waals surface area (Å²) in [5, 5.41) is 1.46. The van der Waals surface area contributed by atoms with Crippen LogP contribution in [0.15, 0.2) is 105 Å². The topological polar surface area (TPSA) is 52.6 Å². The molecule has 0 fully saturated rings. The first-order chi connectivity index (χ1) is 22.5. The third kappa shape index (κ3) is 6.33. The van der Waals surface area contributed by atoms with Crippen molar-refractivity contribution in [3.05, 3.63) is 107 Å². The molecule has 0 amide bonds. The van der Waals surface area contributed by atoms with Gasteiger partial charge in [-0.3, -0.25) is 9.59 Å². The van der Waals surface area contributed by atoms with Crippen LogP contribution < -0.4 is 9.47 Å². The summed E-state index contributed by atoms with van der Waals surface area (Å²) in [6.45, 7) is 8.44. The molecule has 0 heterocycles. The summed E-state index contributed by atoms with van der Waals surface area (Å²) in [6, 6.07) is 26.9. The Kier molecular flexibility index (Phi) is 10.4. The van der Waals surface area contributed by atoms with Gasteiger partial charge in [0.05, 0.1) is 11.1 Å². The van der Waals surface area contributed by atoms with Crippen LogP contribution in [-0.2, 0) is 0 Å². The fraction of sp³-hybridized carbons (Fsp3) is 0.211. The minimum atomic E-state index is -0.238. The van der Waals surface area contributed by atoms with Crippen LogP contribution in [0.5, 0.6) is 23.0 Å². The fourth-order valence-electron chi connectivity index (χ4n) is 5.57. The highest BCUT2D eigenvalue weighted by atomic mass is 32.2. The smallest absolute Gasteiger partial charge is 0.198 e. The van der Waals surface area contributed by atoms with E-state index >= 15 is 0 Å². The van der Waals surface area contributed by atoms with Gasteiger partial charge in [-0.2, -0.15) is 0 Å². The van der Waals surface area contributed by atoms with Crippen LogP contribution in [0.4, 0.5) is 0 Å². The quantitative estimate of drug-likeness (QED) is 0.118. The van der Waals surface area contributed by atoms with Gasteiger partial charge in [0.25, 0.3) is 0 Å². The summed E-state index contributed by atoms with van der Waals surface area (Å²) >= 11 is 6.86. The number of thioether (sulfide) groups is 4. The van der Waals surface area contributed by atoms with Gasteiger partial charge in [0.15, 0.2) is 11.6 Å². The molecule has 5 aromatic carbocycles. The molecule has 6 rings (SSSR count). The number of fused-ring (bicyclic) bond motifs is 3. The van der Waals surface area contributed by atoms with E-state index < -0.39 is 0 Å². The number of ether oxygens (including phenoxy) is 2. The molecule has 1 aliphatic carbocycles. The molecule has 234 valence electrons. The molecule has 0 aliphatic heterocycles. The van der Waals surface area contributed by atoms with Crippen LogP contribution >= 0.6 is 47.0 Å². The van der Waals surface area contributed by atoms with Crippen LogP contribution in [0.1, 0.15) is 59.5 Å². The molecule has 0 aromatic heterocycles. The molecule has 0 N–H and O–H groups in total.